The number of nitrogens with zero attached hydrogens (tertiary/aromatic N) is 2. The van der Waals surface area contributed by atoms with Gasteiger partial charge in [0.15, 0.2) is 0 Å². The van der Waals surface area contributed by atoms with Crippen molar-refractivity contribution in [3.05, 3.63) is 60.2 Å². The van der Waals surface area contributed by atoms with Crippen molar-refractivity contribution in [1.29, 1.82) is 0 Å². The van der Waals surface area contributed by atoms with Crippen LogP contribution in [0, 0.1) is 23.2 Å². The number of methoxy groups -OCH3 is 1. The maximum atomic E-state index is 14.7. The Morgan fingerprint density at radius 3 is 1.86 bits per heavy atom. The standard InChI is InChI=1S/C35H44N2O6/c1-33(2,3)29(37(32(41)42)34-17-22-14-23(18-34)16-24(15-22)19-34)30(38)36-21-35(43-4,20-28(36)31(39)40)27-12-10-26(11-13-27)25-8-6-5-7-9-25/h5-13,22-24,28-29H,14-21H2,1-4H3,(H,39,40)(H,41,42)/t22?,23?,24?,28?,29-,34?,35?/m1/s1. The van der Waals surface area contributed by atoms with Gasteiger partial charge >= 0.3 is 12.1 Å². The van der Waals surface area contributed by atoms with Crippen LogP contribution in [0.15, 0.2) is 54.6 Å². The van der Waals surface area contributed by atoms with Crippen molar-refractivity contribution in [3.63, 3.8) is 0 Å². The van der Waals surface area contributed by atoms with Gasteiger partial charge in [-0.3, -0.25) is 9.69 Å². The number of benzene rings is 2. The van der Waals surface area contributed by atoms with Gasteiger partial charge in [-0.2, -0.15) is 0 Å². The molecule has 1 heterocycles. The van der Waals surface area contributed by atoms with Crippen LogP contribution in [0.3, 0.4) is 0 Å². The Morgan fingerprint density at radius 2 is 1.40 bits per heavy atom. The summed E-state index contributed by atoms with van der Waals surface area (Å²) in [4.78, 5) is 43.5. The number of carboxylic acid groups (broad SMARTS) is 2. The molecule has 43 heavy (non-hydrogen) atoms. The first-order valence-corrected chi connectivity index (χ1v) is 15.6. The summed E-state index contributed by atoms with van der Waals surface area (Å²) in [5.41, 5.74) is 0.510. The summed E-state index contributed by atoms with van der Waals surface area (Å²) in [5.74, 6) is -0.0949. The zero-order valence-corrected chi connectivity index (χ0v) is 25.7. The summed E-state index contributed by atoms with van der Waals surface area (Å²) >= 11 is 0. The van der Waals surface area contributed by atoms with Crippen molar-refractivity contribution in [2.24, 2.45) is 23.2 Å². The number of carboxylic acids is 1. The lowest BCUT2D eigenvalue weighted by atomic mass is 9.52. The van der Waals surface area contributed by atoms with E-state index in [2.05, 4.69) is 0 Å². The van der Waals surface area contributed by atoms with Crippen LogP contribution in [0.5, 0.6) is 0 Å². The number of carbonyl (C=O) groups is 3. The van der Waals surface area contributed by atoms with Gasteiger partial charge in [0.25, 0.3) is 0 Å². The Bertz CT molecular complexity index is 1350. The minimum Gasteiger partial charge on any atom is -0.480 e. The molecule has 0 aromatic heterocycles. The van der Waals surface area contributed by atoms with Gasteiger partial charge in [0.2, 0.25) is 5.91 Å². The lowest BCUT2D eigenvalue weighted by Gasteiger charge is -2.62. The molecule has 230 valence electrons. The average molecular weight is 589 g/mol. The Hall–Kier alpha value is -3.39. The minimum atomic E-state index is -1.14. The monoisotopic (exact) mass is 588 g/mol. The largest absolute Gasteiger partial charge is 0.480 e. The second kappa shape index (κ2) is 10.7. The maximum Gasteiger partial charge on any atom is 0.408 e. The number of hydrogen-bond acceptors (Lipinski definition) is 4. The molecule has 2 amide bonds. The van der Waals surface area contributed by atoms with Gasteiger partial charge in [0.05, 0.1) is 6.54 Å². The molecule has 2 aromatic rings. The van der Waals surface area contributed by atoms with Crippen molar-refractivity contribution in [1.82, 2.24) is 9.80 Å². The predicted octanol–water partition coefficient (Wildman–Crippen LogP) is 6.24. The number of ether oxygens (including phenoxy) is 1. The normalized spacial score (nSPS) is 32.0. The van der Waals surface area contributed by atoms with E-state index in [1.165, 1.54) is 9.80 Å². The van der Waals surface area contributed by atoms with E-state index in [4.69, 9.17) is 4.74 Å². The van der Waals surface area contributed by atoms with Crippen LogP contribution < -0.4 is 0 Å². The van der Waals surface area contributed by atoms with Crippen LogP contribution in [0.1, 0.15) is 71.3 Å². The fourth-order valence-corrected chi connectivity index (χ4v) is 9.37. The summed E-state index contributed by atoms with van der Waals surface area (Å²) in [6.07, 6.45) is 4.77. The van der Waals surface area contributed by atoms with E-state index >= 15 is 0 Å². The second-order valence-electron chi connectivity index (χ2n) is 14.7. The molecule has 4 aliphatic carbocycles. The molecule has 4 saturated carbocycles. The number of carbonyl (C=O) groups excluding carboxylic acids is 1. The SMILES string of the molecule is COC1(c2ccc(-c3ccccc3)cc2)CC(C(=O)O)N(C(=O)[C@@H](N(C(=O)O)C23CC4CC(CC(C4)C2)C3)C(C)(C)C)C1. The highest BCUT2D eigenvalue weighted by Crippen LogP contribution is 2.59. The number of likely N-dealkylation sites (tertiary alicyclic amines) is 1. The molecule has 5 aliphatic rings. The lowest BCUT2D eigenvalue weighted by Crippen LogP contribution is -2.69. The van der Waals surface area contributed by atoms with Crippen LogP contribution in [0.2, 0.25) is 0 Å². The van der Waals surface area contributed by atoms with Gasteiger partial charge in [0, 0.05) is 19.1 Å². The third-order valence-corrected chi connectivity index (χ3v) is 10.8. The fourth-order valence-electron chi connectivity index (χ4n) is 9.37. The molecule has 8 heteroatoms. The van der Waals surface area contributed by atoms with E-state index in [9.17, 15) is 24.6 Å². The number of rotatable bonds is 7. The zero-order valence-electron chi connectivity index (χ0n) is 25.7. The van der Waals surface area contributed by atoms with Crippen molar-refractivity contribution in [2.45, 2.75) is 88.9 Å². The predicted molar refractivity (Wildman–Crippen MR) is 162 cm³/mol. The summed E-state index contributed by atoms with van der Waals surface area (Å²) in [5, 5.41) is 21.2. The number of hydrogen-bond donors (Lipinski definition) is 2. The molecule has 8 nitrogen and oxygen atoms in total. The highest BCUT2D eigenvalue weighted by atomic mass is 16.5. The minimum absolute atomic E-state index is 0.0326. The molecule has 1 aliphatic heterocycles. The number of aliphatic carboxylic acids is 1. The molecule has 2 unspecified atom stereocenters. The van der Waals surface area contributed by atoms with Crippen LogP contribution in [-0.2, 0) is 19.9 Å². The van der Waals surface area contributed by atoms with Gasteiger partial charge in [-0.1, -0.05) is 75.4 Å². The van der Waals surface area contributed by atoms with Gasteiger partial charge in [0.1, 0.15) is 17.7 Å². The van der Waals surface area contributed by atoms with Crippen LogP contribution in [0.4, 0.5) is 4.79 Å². The average Bonchev–Trinajstić information content (AvgIpc) is 3.36. The molecule has 2 N–H and O–H groups in total. The molecule has 0 radical (unpaired) electrons. The van der Waals surface area contributed by atoms with Gasteiger partial charge in [-0.05, 0) is 78.4 Å². The van der Waals surface area contributed by atoms with Crippen LogP contribution >= 0.6 is 0 Å². The van der Waals surface area contributed by atoms with Crippen molar-refractivity contribution in [3.8, 4) is 11.1 Å². The fraction of sp³-hybridized carbons (Fsp3) is 0.571. The van der Waals surface area contributed by atoms with Gasteiger partial charge in [-0.25, -0.2) is 9.59 Å². The highest BCUT2D eigenvalue weighted by molar-refractivity contribution is 5.91. The molecule has 4 bridgehead atoms. The first kappa shape index (κ1) is 29.7. The Kier molecular flexibility index (Phi) is 7.35. The molecule has 1 saturated heterocycles. The van der Waals surface area contributed by atoms with Crippen LogP contribution in [-0.4, -0.2) is 69.3 Å². The van der Waals surface area contributed by atoms with E-state index < -0.39 is 46.6 Å². The van der Waals surface area contributed by atoms with Gasteiger partial charge in [-0.15, -0.1) is 0 Å². The first-order chi connectivity index (χ1) is 20.4. The number of amides is 2. The topological polar surface area (TPSA) is 107 Å². The third kappa shape index (κ3) is 5.11. The van der Waals surface area contributed by atoms with Crippen molar-refractivity contribution < 1.29 is 29.3 Å². The summed E-state index contributed by atoms with van der Waals surface area (Å²) in [7, 11) is 1.55. The summed E-state index contributed by atoms with van der Waals surface area (Å²) in [6.45, 7) is 5.71. The molecular weight excluding hydrogens is 544 g/mol. The Labute approximate surface area is 254 Å². The first-order valence-electron chi connectivity index (χ1n) is 15.6. The lowest BCUT2D eigenvalue weighted by molar-refractivity contribution is -0.159. The van der Waals surface area contributed by atoms with Crippen molar-refractivity contribution >= 4 is 18.0 Å². The molecule has 3 atom stereocenters. The van der Waals surface area contributed by atoms with E-state index in [1.54, 1.807) is 7.11 Å². The molecular formula is C35H44N2O6. The molecule has 2 aromatic carbocycles. The molecule has 7 rings (SSSR count). The van der Waals surface area contributed by atoms with E-state index in [-0.39, 0.29) is 13.0 Å². The third-order valence-electron chi connectivity index (χ3n) is 10.8. The quantitative estimate of drug-likeness (QED) is 0.396. The highest BCUT2D eigenvalue weighted by Gasteiger charge is 2.60. The molecule has 0 spiro atoms. The Morgan fingerprint density at radius 1 is 0.860 bits per heavy atom. The smallest absolute Gasteiger partial charge is 0.408 e. The van der Waals surface area contributed by atoms with Gasteiger partial charge < -0.3 is 19.8 Å². The van der Waals surface area contributed by atoms with Crippen LogP contribution in [0.25, 0.3) is 11.1 Å². The van der Waals surface area contributed by atoms with Crippen molar-refractivity contribution in [2.75, 3.05) is 13.7 Å². The second-order valence-corrected chi connectivity index (χ2v) is 14.7. The van der Waals surface area contributed by atoms with E-state index in [0.717, 1.165) is 55.2 Å². The van der Waals surface area contributed by atoms with E-state index in [1.807, 2.05) is 75.4 Å². The summed E-state index contributed by atoms with van der Waals surface area (Å²) < 4.78 is 6.08. The van der Waals surface area contributed by atoms with E-state index in [0.29, 0.717) is 17.8 Å². The maximum absolute atomic E-state index is 14.7. The molecule has 5 fully saturated rings. The summed E-state index contributed by atoms with van der Waals surface area (Å²) in [6, 6.07) is 15.7. The Balaban J connectivity index is 1.35. The zero-order chi connectivity index (χ0) is 30.7.